The Morgan fingerprint density at radius 2 is 1.86 bits per heavy atom. The van der Waals surface area contributed by atoms with Gasteiger partial charge < -0.3 is 19.7 Å². The Labute approximate surface area is 169 Å². The van der Waals surface area contributed by atoms with Crippen molar-refractivity contribution < 1.29 is 14.3 Å². The van der Waals surface area contributed by atoms with Gasteiger partial charge in [-0.1, -0.05) is 18.2 Å². The molecule has 29 heavy (non-hydrogen) atoms. The summed E-state index contributed by atoms with van der Waals surface area (Å²) in [6, 6.07) is 18.5. The molecule has 0 spiro atoms. The van der Waals surface area contributed by atoms with Crippen molar-refractivity contribution in [3.63, 3.8) is 0 Å². The van der Waals surface area contributed by atoms with Crippen LogP contribution in [0.1, 0.15) is 10.4 Å². The second-order valence-corrected chi connectivity index (χ2v) is 6.64. The maximum Gasteiger partial charge on any atom is 0.255 e. The largest absolute Gasteiger partial charge is 0.497 e. The highest BCUT2D eigenvalue weighted by Gasteiger charge is 2.14. The molecule has 7 heteroatoms. The van der Waals surface area contributed by atoms with Gasteiger partial charge in [0, 0.05) is 36.0 Å². The topological polar surface area (TPSA) is 76.6 Å². The molecule has 4 rings (SSSR count). The number of anilines is 2. The van der Waals surface area contributed by atoms with Gasteiger partial charge in [0.15, 0.2) is 5.82 Å². The van der Waals surface area contributed by atoms with Crippen molar-refractivity contribution in [3.05, 3.63) is 66.2 Å². The van der Waals surface area contributed by atoms with Gasteiger partial charge in [0.1, 0.15) is 5.75 Å². The average molecular weight is 390 g/mol. The van der Waals surface area contributed by atoms with Crippen LogP contribution in [0.3, 0.4) is 0 Å². The third-order valence-electron chi connectivity index (χ3n) is 4.73. The van der Waals surface area contributed by atoms with E-state index in [9.17, 15) is 4.79 Å². The SMILES string of the molecule is COc1cccc(NC(=O)c2cccc(-c3ccc(N4CCOCC4)nn3)c2)c1. The first-order chi connectivity index (χ1) is 14.2. The third kappa shape index (κ3) is 4.52. The van der Waals surface area contributed by atoms with E-state index < -0.39 is 0 Å². The van der Waals surface area contributed by atoms with Gasteiger partial charge in [-0.3, -0.25) is 4.79 Å². The van der Waals surface area contributed by atoms with Crippen molar-refractivity contribution in [1.29, 1.82) is 0 Å². The van der Waals surface area contributed by atoms with Crippen LogP contribution in [0, 0.1) is 0 Å². The van der Waals surface area contributed by atoms with Crippen molar-refractivity contribution in [2.45, 2.75) is 0 Å². The molecule has 1 saturated heterocycles. The van der Waals surface area contributed by atoms with Crippen LogP contribution in [0.4, 0.5) is 11.5 Å². The summed E-state index contributed by atoms with van der Waals surface area (Å²) in [7, 11) is 1.59. The number of methoxy groups -OCH3 is 1. The van der Waals surface area contributed by atoms with Gasteiger partial charge >= 0.3 is 0 Å². The van der Waals surface area contributed by atoms with Gasteiger partial charge in [0.2, 0.25) is 0 Å². The van der Waals surface area contributed by atoms with Crippen molar-refractivity contribution >= 4 is 17.4 Å². The predicted octanol–water partition coefficient (Wildman–Crippen LogP) is 3.24. The van der Waals surface area contributed by atoms with Gasteiger partial charge in [-0.15, -0.1) is 10.2 Å². The fourth-order valence-electron chi connectivity index (χ4n) is 3.16. The lowest BCUT2D eigenvalue weighted by atomic mass is 10.1. The smallest absolute Gasteiger partial charge is 0.255 e. The Bertz CT molecular complexity index is 985. The van der Waals surface area contributed by atoms with Crippen LogP contribution in [0.2, 0.25) is 0 Å². The minimum atomic E-state index is -0.196. The molecule has 0 radical (unpaired) electrons. The molecule has 1 aliphatic heterocycles. The van der Waals surface area contributed by atoms with Gasteiger partial charge in [-0.25, -0.2) is 0 Å². The molecule has 1 N–H and O–H groups in total. The molecule has 0 aliphatic carbocycles. The Kier molecular flexibility index (Phi) is 5.67. The lowest BCUT2D eigenvalue weighted by Gasteiger charge is -2.27. The van der Waals surface area contributed by atoms with Gasteiger partial charge in [-0.2, -0.15) is 0 Å². The highest BCUT2D eigenvalue weighted by Crippen LogP contribution is 2.22. The fraction of sp³-hybridized carbons (Fsp3) is 0.227. The summed E-state index contributed by atoms with van der Waals surface area (Å²) in [6.45, 7) is 3.03. The zero-order valence-electron chi connectivity index (χ0n) is 16.2. The third-order valence-corrected chi connectivity index (χ3v) is 4.73. The van der Waals surface area contributed by atoms with E-state index in [1.165, 1.54) is 0 Å². The number of carbonyl (C=O) groups is 1. The molecule has 0 unspecified atom stereocenters. The highest BCUT2D eigenvalue weighted by molar-refractivity contribution is 6.05. The molecule has 0 atom stereocenters. The van der Waals surface area contributed by atoms with Crippen LogP contribution < -0.4 is 15.0 Å². The molecule has 148 valence electrons. The average Bonchev–Trinajstić information content (AvgIpc) is 2.80. The van der Waals surface area contributed by atoms with E-state index in [2.05, 4.69) is 20.4 Å². The Morgan fingerprint density at radius 1 is 1.03 bits per heavy atom. The first-order valence-electron chi connectivity index (χ1n) is 9.45. The highest BCUT2D eigenvalue weighted by atomic mass is 16.5. The number of aromatic nitrogens is 2. The van der Waals surface area contributed by atoms with Crippen LogP contribution in [0.25, 0.3) is 11.3 Å². The zero-order valence-corrected chi connectivity index (χ0v) is 16.2. The summed E-state index contributed by atoms with van der Waals surface area (Å²) in [5, 5.41) is 11.6. The summed E-state index contributed by atoms with van der Waals surface area (Å²) < 4.78 is 10.6. The van der Waals surface area contributed by atoms with Crippen molar-refractivity contribution in [2.24, 2.45) is 0 Å². The second-order valence-electron chi connectivity index (χ2n) is 6.64. The van der Waals surface area contributed by atoms with Gasteiger partial charge in [0.05, 0.1) is 26.0 Å². The van der Waals surface area contributed by atoms with Crippen molar-refractivity contribution in [2.75, 3.05) is 43.6 Å². The predicted molar refractivity (Wildman–Crippen MR) is 111 cm³/mol. The zero-order chi connectivity index (χ0) is 20.1. The summed E-state index contributed by atoms with van der Waals surface area (Å²) in [5.41, 5.74) is 2.78. The lowest BCUT2D eigenvalue weighted by Crippen LogP contribution is -2.36. The molecular formula is C22H22N4O3. The second kappa shape index (κ2) is 8.70. The van der Waals surface area contributed by atoms with E-state index in [4.69, 9.17) is 9.47 Å². The first-order valence-corrected chi connectivity index (χ1v) is 9.45. The number of amides is 1. The number of nitrogens with one attached hydrogen (secondary N) is 1. The molecule has 0 bridgehead atoms. The number of benzene rings is 2. The van der Waals surface area contributed by atoms with Crippen molar-refractivity contribution in [1.82, 2.24) is 10.2 Å². The van der Waals surface area contributed by atoms with Crippen LogP contribution >= 0.6 is 0 Å². The maximum atomic E-state index is 12.7. The molecule has 3 aromatic rings. The van der Waals surface area contributed by atoms with Crippen molar-refractivity contribution in [3.8, 4) is 17.0 Å². The van der Waals surface area contributed by atoms with Crippen LogP contribution in [0.15, 0.2) is 60.7 Å². The summed E-state index contributed by atoms with van der Waals surface area (Å²) in [4.78, 5) is 14.8. The molecule has 2 aromatic carbocycles. The number of hydrogen-bond acceptors (Lipinski definition) is 6. The van der Waals surface area contributed by atoms with E-state index in [0.717, 1.165) is 30.2 Å². The van der Waals surface area contributed by atoms with E-state index in [0.29, 0.717) is 30.2 Å². The molecule has 0 saturated carbocycles. The Morgan fingerprint density at radius 3 is 2.62 bits per heavy atom. The first kappa shape index (κ1) is 18.9. The summed E-state index contributed by atoms with van der Waals surface area (Å²) in [6.07, 6.45) is 0. The van der Waals surface area contributed by atoms with E-state index in [-0.39, 0.29) is 5.91 Å². The lowest BCUT2D eigenvalue weighted by molar-refractivity contribution is 0.102. The number of carbonyl (C=O) groups excluding carboxylic acids is 1. The molecule has 7 nitrogen and oxygen atoms in total. The molecule has 1 aromatic heterocycles. The Hall–Kier alpha value is -3.45. The number of hydrogen-bond donors (Lipinski definition) is 1. The number of nitrogens with zero attached hydrogens (tertiary/aromatic N) is 3. The van der Waals surface area contributed by atoms with Gasteiger partial charge in [0.25, 0.3) is 5.91 Å². The van der Waals surface area contributed by atoms with Crippen LogP contribution in [-0.2, 0) is 4.74 Å². The molecule has 2 heterocycles. The minimum absolute atomic E-state index is 0.196. The standard InChI is InChI=1S/C22H22N4O3/c1-28-19-7-3-6-18(15-19)23-22(27)17-5-2-4-16(14-17)20-8-9-21(25-24-20)26-10-12-29-13-11-26/h2-9,14-15H,10-13H2,1H3,(H,23,27). The summed E-state index contributed by atoms with van der Waals surface area (Å²) >= 11 is 0. The molecule has 1 amide bonds. The van der Waals surface area contributed by atoms with Gasteiger partial charge in [-0.05, 0) is 36.4 Å². The maximum absolute atomic E-state index is 12.7. The number of morpholine rings is 1. The quantitative estimate of drug-likeness (QED) is 0.721. The van der Waals surface area contributed by atoms with Crippen LogP contribution in [-0.4, -0.2) is 49.5 Å². The number of ether oxygens (including phenoxy) is 2. The molecule has 1 fully saturated rings. The number of rotatable bonds is 5. The monoisotopic (exact) mass is 390 g/mol. The van der Waals surface area contributed by atoms with E-state index in [1.807, 2.05) is 48.5 Å². The normalized spacial score (nSPS) is 13.8. The van der Waals surface area contributed by atoms with E-state index >= 15 is 0 Å². The Balaban J connectivity index is 1.49. The van der Waals surface area contributed by atoms with E-state index in [1.54, 1.807) is 19.2 Å². The summed E-state index contributed by atoms with van der Waals surface area (Å²) in [5.74, 6) is 1.33. The van der Waals surface area contributed by atoms with Crippen LogP contribution in [0.5, 0.6) is 5.75 Å². The fourth-order valence-corrected chi connectivity index (χ4v) is 3.16. The molecular weight excluding hydrogens is 368 g/mol. The molecule has 1 aliphatic rings. The minimum Gasteiger partial charge on any atom is -0.497 e.